The van der Waals surface area contributed by atoms with Gasteiger partial charge < -0.3 is 10.5 Å². The highest BCUT2D eigenvalue weighted by Crippen LogP contribution is 2.14. The Morgan fingerprint density at radius 1 is 1.47 bits per heavy atom. The van der Waals surface area contributed by atoms with Crippen molar-refractivity contribution in [1.82, 2.24) is 19.7 Å². The molecule has 15 heavy (non-hydrogen) atoms. The van der Waals surface area contributed by atoms with Crippen LogP contribution in [0.5, 0.6) is 11.9 Å². The summed E-state index contributed by atoms with van der Waals surface area (Å²) in [6, 6.07) is 3.87. The first-order valence-electron chi connectivity index (χ1n) is 4.46. The first-order chi connectivity index (χ1) is 7.28. The molecule has 0 aromatic carbocycles. The molecule has 2 N–H and O–H groups in total. The monoisotopic (exact) mass is 205 g/mol. The number of nitrogens with zero attached hydrogens (tertiary/aromatic N) is 4. The summed E-state index contributed by atoms with van der Waals surface area (Å²) < 4.78 is 6.89. The van der Waals surface area contributed by atoms with Crippen molar-refractivity contribution in [1.29, 1.82) is 0 Å². The van der Waals surface area contributed by atoms with Crippen LogP contribution in [-0.4, -0.2) is 19.7 Å². The van der Waals surface area contributed by atoms with Crippen molar-refractivity contribution in [2.75, 3.05) is 0 Å². The molecule has 78 valence electrons. The van der Waals surface area contributed by atoms with E-state index in [0.717, 1.165) is 5.56 Å². The lowest BCUT2D eigenvalue weighted by Crippen LogP contribution is -1.98. The summed E-state index contributed by atoms with van der Waals surface area (Å²) in [6.07, 6.45) is 3.20. The maximum Gasteiger partial charge on any atom is 0.342 e. The molecule has 0 saturated heterocycles. The molecule has 0 unspecified atom stereocenters. The third kappa shape index (κ3) is 2.29. The summed E-state index contributed by atoms with van der Waals surface area (Å²) in [5.41, 5.74) is 6.45. The zero-order valence-electron chi connectivity index (χ0n) is 8.29. The minimum atomic E-state index is 0.277. The molecule has 0 spiro atoms. The molecule has 0 saturated carbocycles. The van der Waals surface area contributed by atoms with Crippen LogP contribution < -0.4 is 10.5 Å². The van der Waals surface area contributed by atoms with Gasteiger partial charge in [-0.2, -0.15) is 4.98 Å². The number of hydrogen-bond acceptors (Lipinski definition) is 5. The number of pyridine rings is 1. The average molecular weight is 205 g/mol. The van der Waals surface area contributed by atoms with Gasteiger partial charge in [0.25, 0.3) is 0 Å². The fourth-order valence-electron chi connectivity index (χ4n) is 1.09. The van der Waals surface area contributed by atoms with Crippen LogP contribution in [0.15, 0.2) is 24.7 Å². The van der Waals surface area contributed by atoms with Gasteiger partial charge in [-0.3, -0.25) is 4.68 Å². The van der Waals surface area contributed by atoms with E-state index in [1.165, 1.54) is 0 Å². The highest BCUT2D eigenvalue weighted by Gasteiger charge is 2.03. The van der Waals surface area contributed by atoms with Crippen LogP contribution in [0, 0.1) is 0 Å². The van der Waals surface area contributed by atoms with E-state index in [-0.39, 0.29) is 6.01 Å². The van der Waals surface area contributed by atoms with E-state index in [1.54, 1.807) is 30.3 Å². The molecular weight excluding hydrogens is 194 g/mol. The van der Waals surface area contributed by atoms with Gasteiger partial charge in [-0.1, -0.05) is 0 Å². The van der Waals surface area contributed by atoms with Gasteiger partial charge in [0, 0.05) is 25.9 Å². The number of nitrogens with two attached hydrogens (primary N) is 1. The van der Waals surface area contributed by atoms with Crippen LogP contribution in [0.25, 0.3) is 0 Å². The molecule has 0 atom stereocenters. The maximum atomic E-state index is 5.50. The Labute approximate surface area is 86.7 Å². The Hall–Kier alpha value is -1.95. The number of ether oxygens (including phenoxy) is 1. The molecule has 0 aliphatic carbocycles. The van der Waals surface area contributed by atoms with Crippen molar-refractivity contribution in [3.8, 4) is 11.9 Å². The Bertz CT molecular complexity index is 453. The lowest BCUT2D eigenvalue weighted by atomic mass is 10.3. The summed E-state index contributed by atoms with van der Waals surface area (Å²) in [5, 5.41) is 3.97. The zero-order chi connectivity index (χ0) is 10.7. The molecule has 0 aliphatic rings. The topological polar surface area (TPSA) is 78.9 Å². The van der Waals surface area contributed by atoms with Gasteiger partial charge in [0.15, 0.2) is 0 Å². The van der Waals surface area contributed by atoms with E-state index in [1.807, 2.05) is 6.07 Å². The van der Waals surface area contributed by atoms with Gasteiger partial charge in [0.05, 0.1) is 0 Å². The summed E-state index contributed by atoms with van der Waals surface area (Å²) in [4.78, 5) is 7.95. The predicted molar refractivity (Wildman–Crippen MR) is 53.2 cm³/mol. The Morgan fingerprint density at radius 3 is 3.00 bits per heavy atom. The van der Waals surface area contributed by atoms with Crippen LogP contribution in [0.4, 0.5) is 0 Å². The van der Waals surface area contributed by atoms with Crippen LogP contribution in [0.3, 0.4) is 0 Å². The lowest BCUT2D eigenvalue weighted by molar-refractivity contribution is 0.422. The molecule has 0 bridgehead atoms. The quantitative estimate of drug-likeness (QED) is 0.787. The molecule has 0 radical (unpaired) electrons. The largest absolute Gasteiger partial charge is 0.404 e. The number of hydrogen-bond donors (Lipinski definition) is 1. The van der Waals surface area contributed by atoms with E-state index >= 15 is 0 Å². The highest BCUT2D eigenvalue weighted by molar-refractivity contribution is 5.22. The minimum Gasteiger partial charge on any atom is -0.404 e. The first kappa shape index (κ1) is 9.60. The highest BCUT2D eigenvalue weighted by atomic mass is 16.5. The Balaban J connectivity index is 2.16. The van der Waals surface area contributed by atoms with E-state index in [0.29, 0.717) is 12.4 Å². The second-order valence-corrected chi connectivity index (χ2v) is 3.01. The van der Waals surface area contributed by atoms with Crippen molar-refractivity contribution in [2.45, 2.75) is 6.54 Å². The lowest BCUT2D eigenvalue weighted by Gasteiger charge is -2.01. The molecule has 0 fully saturated rings. The maximum absolute atomic E-state index is 5.50. The van der Waals surface area contributed by atoms with E-state index in [9.17, 15) is 0 Å². The fraction of sp³-hybridized carbons (Fsp3) is 0.222. The zero-order valence-corrected chi connectivity index (χ0v) is 8.29. The molecule has 6 nitrogen and oxygen atoms in total. The standard InChI is InChI=1S/C9H11N5O/c1-14-6-12-9(13-14)15-8-4-7(5-10)2-3-11-8/h2-4,6H,5,10H2,1H3. The van der Waals surface area contributed by atoms with Crippen molar-refractivity contribution < 1.29 is 4.74 Å². The summed E-state index contributed by atoms with van der Waals surface area (Å²) >= 11 is 0. The second kappa shape index (κ2) is 4.05. The van der Waals surface area contributed by atoms with Crippen LogP contribution in [-0.2, 0) is 13.6 Å². The average Bonchev–Trinajstić information content (AvgIpc) is 2.64. The third-order valence-corrected chi connectivity index (χ3v) is 1.81. The molecule has 2 rings (SSSR count). The van der Waals surface area contributed by atoms with E-state index in [2.05, 4.69) is 15.1 Å². The van der Waals surface area contributed by atoms with Gasteiger partial charge >= 0.3 is 6.01 Å². The first-order valence-corrected chi connectivity index (χ1v) is 4.46. The molecule has 2 heterocycles. The molecular formula is C9H11N5O. The summed E-state index contributed by atoms with van der Waals surface area (Å²) in [6.45, 7) is 0.453. The van der Waals surface area contributed by atoms with Gasteiger partial charge in [0.1, 0.15) is 6.33 Å². The normalized spacial score (nSPS) is 10.3. The molecule has 2 aromatic rings. The molecule has 0 amide bonds. The second-order valence-electron chi connectivity index (χ2n) is 3.01. The van der Waals surface area contributed by atoms with Crippen LogP contribution >= 0.6 is 0 Å². The SMILES string of the molecule is Cn1cnc(Oc2cc(CN)ccn2)n1. The van der Waals surface area contributed by atoms with Crippen LogP contribution in [0.1, 0.15) is 5.56 Å². The molecule has 2 aromatic heterocycles. The van der Waals surface area contributed by atoms with Crippen molar-refractivity contribution in [2.24, 2.45) is 12.8 Å². The molecule has 6 heteroatoms. The Morgan fingerprint density at radius 2 is 2.33 bits per heavy atom. The van der Waals surface area contributed by atoms with Gasteiger partial charge in [-0.15, -0.1) is 5.10 Å². The van der Waals surface area contributed by atoms with Crippen LogP contribution in [0.2, 0.25) is 0 Å². The van der Waals surface area contributed by atoms with Gasteiger partial charge in [-0.05, 0) is 11.6 Å². The van der Waals surface area contributed by atoms with Gasteiger partial charge in [-0.25, -0.2) is 4.98 Å². The van der Waals surface area contributed by atoms with Crippen molar-refractivity contribution in [3.05, 3.63) is 30.2 Å². The number of aromatic nitrogens is 4. The number of aryl methyl sites for hydroxylation is 1. The minimum absolute atomic E-state index is 0.277. The third-order valence-electron chi connectivity index (χ3n) is 1.81. The summed E-state index contributed by atoms with van der Waals surface area (Å²) in [7, 11) is 1.77. The van der Waals surface area contributed by atoms with Gasteiger partial charge in [0.2, 0.25) is 5.88 Å². The number of rotatable bonds is 3. The van der Waals surface area contributed by atoms with E-state index in [4.69, 9.17) is 10.5 Å². The van der Waals surface area contributed by atoms with Crippen molar-refractivity contribution in [3.63, 3.8) is 0 Å². The fourth-order valence-corrected chi connectivity index (χ4v) is 1.09. The predicted octanol–water partition coefficient (Wildman–Crippen LogP) is 0.461. The van der Waals surface area contributed by atoms with E-state index < -0.39 is 0 Å². The van der Waals surface area contributed by atoms with Crippen molar-refractivity contribution >= 4 is 0 Å². The smallest absolute Gasteiger partial charge is 0.342 e. The Kier molecular flexibility index (Phi) is 2.59. The summed E-state index contributed by atoms with van der Waals surface area (Å²) in [5.74, 6) is 0.448. The molecule has 0 aliphatic heterocycles.